The van der Waals surface area contributed by atoms with E-state index in [1.807, 2.05) is 6.92 Å². The van der Waals surface area contributed by atoms with E-state index in [1.165, 1.54) is 6.07 Å². The highest BCUT2D eigenvalue weighted by molar-refractivity contribution is 14.0. The molecule has 1 heterocycles. The van der Waals surface area contributed by atoms with E-state index in [-0.39, 0.29) is 42.5 Å². The molecule has 10 heteroatoms. The van der Waals surface area contributed by atoms with Crippen molar-refractivity contribution in [2.45, 2.75) is 32.0 Å². The number of nitrogens with zero attached hydrogens (tertiary/aromatic N) is 2. The van der Waals surface area contributed by atoms with Crippen LogP contribution < -0.4 is 16.0 Å². The number of hydrogen-bond donors (Lipinski definition) is 3. The summed E-state index contributed by atoms with van der Waals surface area (Å²) in [6.45, 7) is 4.85. The number of halogens is 4. The highest BCUT2D eigenvalue weighted by Crippen LogP contribution is 2.29. The maximum absolute atomic E-state index is 12.8. The number of benzene rings is 1. The van der Waals surface area contributed by atoms with Gasteiger partial charge in [0.25, 0.3) is 0 Å². The van der Waals surface area contributed by atoms with Crippen LogP contribution in [0.4, 0.5) is 13.2 Å². The van der Waals surface area contributed by atoms with Crippen molar-refractivity contribution >= 4 is 35.8 Å². The standard InChI is InChI=1S/C21H28F3N5O.HI/c1-3-26-20(28-18-9-12-29(13-10-18)15-19(30)25-2)27-11-5-7-16-6-4-8-17(14-16)21(22,23)24;/h4,6,8,14,18H,3,9-13,15H2,1-2H3,(H,25,30)(H2,26,27,28);1H. The third-order valence-corrected chi connectivity index (χ3v) is 4.66. The number of hydrogen-bond acceptors (Lipinski definition) is 3. The molecule has 1 amide bonds. The van der Waals surface area contributed by atoms with Gasteiger partial charge in [0.15, 0.2) is 5.96 Å². The molecule has 3 N–H and O–H groups in total. The Morgan fingerprint density at radius 1 is 1.29 bits per heavy atom. The first-order valence-corrected chi connectivity index (χ1v) is 9.95. The molecule has 0 saturated carbocycles. The average Bonchev–Trinajstić information content (AvgIpc) is 2.72. The van der Waals surface area contributed by atoms with Crippen molar-refractivity contribution in [2.75, 3.05) is 39.8 Å². The van der Waals surface area contributed by atoms with Crippen LogP contribution >= 0.6 is 24.0 Å². The molecule has 172 valence electrons. The van der Waals surface area contributed by atoms with E-state index >= 15 is 0 Å². The zero-order chi connectivity index (χ0) is 22.0. The molecule has 6 nitrogen and oxygen atoms in total. The molecular formula is C21H29F3IN5O. The number of rotatable bonds is 5. The fraction of sp³-hybridized carbons (Fsp3) is 0.524. The highest BCUT2D eigenvalue weighted by Gasteiger charge is 2.30. The summed E-state index contributed by atoms with van der Waals surface area (Å²) in [5.41, 5.74) is -0.406. The third kappa shape index (κ3) is 9.78. The Labute approximate surface area is 198 Å². The van der Waals surface area contributed by atoms with E-state index in [9.17, 15) is 18.0 Å². The topological polar surface area (TPSA) is 68.8 Å². The Morgan fingerprint density at radius 3 is 2.61 bits per heavy atom. The number of alkyl halides is 3. The molecule has 0 bridgehead atoms. The molecule has 0 unspecified atom stereocenters. The molecule has 1 saturated heterocycles. The first-order valence-electron chi connectivity index (χ1n) is 9.95. The zero-order valence-electron chi connectivity index (χ0n) is 17.7. The van der Waals surface area contributed by atoms with Crippen LogP contribution in [0.25, 0.3) is 0 Å². The van der Waals surface area contributed by atoms with Gasteiger partial charge in [-0.15, -0.1) is 24.0 Å². The smallest absolute Gasteiger partial charge is 0.358 e. The number of aliphatic imine (C=N–C) groups is 1. The van der Waals surface area contributed by atoms with Gasteiger partial charge in [-0.25, -0.2) is 4.99 Å². The first-order chi connectivity index (χ1) is 14.3. The second kappa shape index (κ2) is 13.4. The Kier molecular flexibility index (Phi) is 11.7. The Morgan fingerprint density at radius 2 is 2.00 bits per heavy atom. The molecule has 0 atom stereocenters. The lowest BCUT2D eigenvalue weighted by atomic mass is 10.1. The molecule has 1 aliphatic heterocycles. The van der Waals surface area contributed by atoms with Crippen molar-refractivity contribution in [1.29, 1.82) is 0 Å². The molecule has 0 aliphatic carbocycles. The van der Waals surface area contributed by atoms with E-state index in [0.717, 1.165) is 38.1 Å². The summed E-state index contributed by atoms with van der Waals surface area (Å²) in [6.07, 6.45) is -2.61. The van der Waals surface area contributed by atoms with Crippen LogP contribution in [-0.4, -0.2) is 62.6 Å². The van der Waals surface area contributed by atoms with Crippen molar-refractivity contribution in [3.05, 3.63) is 35.4 Å². The van der Waals surface area contributed by atoms with E-state index in [0.29, 0.717) is 24.6 Å². The van der Waals surface area contributed by atoms with E-state index in [2.05, 4.69) is 37.7 Å². The lowest BCUT2D eigenvalue weighted by molar-refractivity contribution is -0.137. The Hall–Kier alpha value is -2.00. The lowest BCUT2D eigenvalue weighted by Crippen LogP contribution is -2.50. The summed E-state index contributed by atoms with van der Waals surface area (Å²) in [4.78, 5) is 18.0. The number of carbonyl (C=O) groups is 1. The Balaban J connectivity index is 0.00000480. The van der Waals surface area contributed by atoms with Gasteiger partial charge in [0.1, 0.15) is 6.54 Å². The van der Waals surface area contributed by atoms with E-state index < -0.39 is 11.7 Å². The molecule has 0 aromatic heterocycles. The predicted molar refractivity (Wildman–Crippen MR) is 126 cm³/mol. The minimum atomic E-state index is -4.38. The molecule has 1 fully saturated rings. The summed E-state index contributed by atoms with van der Waals surface area (Å²) in [7, 11) is 1.63. The molecule has 1 aromatic carbocycles. The molecular weight excluding hydrogens is 522 g/mol. The second-order valence-corrected chi connectivity index (χ2v) is 6.94. The summed E-state index contributed by atoms with van der Waals surface area (Å²) in [5, 5.41) is 9.15. The van der Waals surface area contributed by atoms with Crippen molar-refractivity contribution in [3.8, 4) is 11.8 Å². The highest BCUT2D eigenvalue weighted by atomic mass is 127. The summed E-state index contributed by atoms with van der Waals surface area (Å²) >= 11 is 0. The summed E-state index contributed by atoms with van der Waals surface area (Å²) in [5.74, 6) is 6.17. The zero-order valence-corrected chi connectivity index (χ0v) is 20.0. The van der Waals surface area contributed by atoms with Crippen LogP contribution in [0.1, 0.15) is 30.9 Å². The largest absolute Gasteiger partial charge is 0.416 e. The number of piperidine rings is 1. The van der Waals surface area contributed by atoms with Gasteiger partial charge in [-0.2, -0.15) is 13.2 Å². The van der Waals surface area contributed by atoms with Gasteiger partial charge in [-0.1, -0.05) is 17.9 Å². The fourth-order valence-electron chi connectivity index (χ4n) is 3.06. The molecule has 0 radical (unpaired) electrons. The third-order valence-electron chi connectivity index (χ3n) is 4.66. The fourth-order valence-corrected chi connectivity index (χ4v) is 3.06. The normalized spacial score (nSPS) is 15.3. The van der Waals surface area contributed by atoms with Crippen molar-refractivity contribution in [1.82, 2.24) is 20.9 Å². The maximum Gasteiger partial charge on any atom is 0.416 e. The first kappa shape index (κ1) is 27.0. The van der Waals surface area contributed by atoms with Crippen LogP contribution in [0.15, 0.2) is 29.3 Å². The predicted octanol–water partition coefficient (Wildman–Crippen LogP) is 2.44. The number of likely N-dealkylation sites (N-methyl/N-ethyl adjacent to an activating group) is 1. The molecule has 2 rings (SSSR count). The van der Waals surface area contributed by atoms with Gasteiger partial charge < -0.3 is 16.0 Å². The monoisotopic (exact) mass is 551 g/mol. The number of guanidine groups is 1. The van der Waals surface area contributed by atoms with E-state index in [1.54, 1.807) is 13.1 Å². The summed E-state index contributed by atoms with van der Waals surface area (Å²) in [6, 6.07) is 5.18. The van der Waals surface area contributed by atoms with Crippen LogP contribution in [0, 0.1) is 11.8 Å². The van der Waals surface area contributed by atoms with Crippen LogP contribution in [0.3, 0.4) is 0 Å². The SMILES string of the molecule is CCNC(=NCC#Cc1cccc(C(F)(F)F)c1)NC1CCN(CC(=O)NC)CC1.I. The van der Waals surface area contributed by atoms with Crippen LogP contribution in [0.5, 0.6) is 0 Å². The average molecular weight is 551 g/mol. The summed E-state index contributed by atoms with van der Waals surface area (Å²) < 4.78 is 38.3. The number of likely N-dealkylation sites (tertiary alicyclic amines) is 1. The van der Waals surface area contributed by atoms with Crippen LogP contribution in [-0.2, 0) is 11.0 Å². The number of carbonyl (C=O) groups excluding carboxylic acids is 1. The molecule has 0 spiro atoms. The lowest BCUT2D eigenvalue weighted by Gasteiger charge is -2.32. The van der Waals surface area contributed by atoms with Crippen molar-refractivity contribution in [2.24, 2.45) is 4.99 Å². The molecule has 1 aliphatic rings. The van der Waals surface area contributed by atoms with Gasteiger partial charge in [0.05, 0.1) is 12.1 Å². The number of amides is 1. The van der Waals surface area contributed by atoms with Gasteiger partial charge >= 0.3 is 6.18 Å². The van der Waals surface area contributed by atoms with Crippen molar-refractivity contribution in [3.63, 3.8) is 0 Å². The quantitative estimate of drug-likeness (QED) is 0.228. The van der Waals surface area contributed by atoms with E-state index in [4.69, 9.17) is 0 Å². The second-order valence-electron chi connectivity index (χ2n) is 6.94. The maximum atomic E-state index is 12.8. The van der Waals surface area contributed by atoms with Gasteiger partial charge in [-0.3, -0.25) is 9.69 Å². The van der Waals surface area contributed by atoms with Gasteiger partial charge in [0.2, 0.25) is 5.91 Å². The number of nitrogens with one attached hydrogen (secondary N) is 3. The van der Waals surface area contributed by atoms with Gasteiger partial charge in [-0.05, 0) is 38.0 Å². The Bertz CT molecular complexity index is 796. The van der Waals surface area contributed by atoms with Crippen LogP contribution in [0.2, 0.25) is 0 Å². The minimum absolute atomic E-state index is 0. The van der Waals surface area contributed by atoms with Gasteiger partial charge in [0, 0.05) is 38.3 Å². The van der Waals surface area contributed by atoms with Crippen molar-refractivity contribution < 1.29 is 18.0 Å². The molecule has 31 heavy (non-hydrogen) atoms. The molecule has 1 aromatic rings. The minimum Gasteiger partial charge on any atom is -0.358 e.